The lowest BCUT2D eigenvalue weighted by Gasteiger charge is -2.21. The highest BCUT2D eigenvalue weighted by Crippen LogP contribution is 2.20. The summed E-state index contributed by atoms with van der Waals surface area (Å²) in [6.45, 7) is 1.99. The Morgan fingerprint density at radius 1 is 1.03 bits per heavy atom. The van der Waals surface area contributed by atoms with Crippen LogP contribution in [0.25, 0.3) is 0 Å². The maximum atomic E-state index is 11.9. The molecule has 0 saturated carbocycles. The van der Waals surface area contributed by atoms with E-state index in [1.54, 1.807) is 26.1 Å². The Hall–Kier alpha value is -2.86. The molecule has 1 unspecified atom stereocenters. The van der Waals surface area contributed by atoms with Crippen LogP contribution in [-0.2, 0) is 16.0 Å². The first-order valence-corrected chi connectivity index (χ1v) is 9.90. The summed E-state index contributed by atoms with van der Waals surface area (Å²) in [4.78, 5) is 17.9. The van der Waals surface area contributed by atoms with E-state index in [0.29, 0.717) is 25.7 Å². The second-order valence-corrected chi connectivity index (χ2v) is 7.05. The highest BCUT2D eigenvalue weighted by molar-refractivity contribution is 5.84. The standard InChI is InChI=1S/C23H32N4O2/c1-27(2)22(28)18-26-23(24-14-15-29-3)25-17-21(20-12-8-5-9-13-20)16-19-10-6-4-7-11-19/h4-13,21H,14-18H2,1-3H3,(H2,24,25,26). The molecule has 6 nitrogen and oxygen atoms in total. The number of amides is 1. The van der Waals surface area contributed by atoms with Crippen molar-refractivity contribution >= 4 is 11.9 Å². The highest BCUT2D eigenvalue weighted by atomic mass is 16.5. The van der Waals surface area contributed by atoms with Crippen molar-refractivity contribution in [3.63, 3.8) is 0 Å². The Balaban J connectivity index is 2.09. The molecule has 0 bridgehead atoms. The number of ether oxygens (including phenoxy) is 1. The predicted molar refractivity (Wildman–Crippen MR) is 118 cm³/mol. The maximum absolute atomic E-state index is 11.9. The van der Waals surface area contributed by atoms with Crippen LogP contribution in [0, 0.1) is 0 Å². The van der Waals surface area contributed by atoms with E-state index < -0.39 is 0 Å². The van der Waals surface area contributed by atoms with Crippen LogP contribution in [0.5, 0.6) is 0 Å². The summed E-state index contributed by atoms with van der Waals surface area (Å²) in [7, 11) is 5.12. The molecular formula is C23H32N4O2. The van der Waals surface area contributed by atoms with Crippen LogP contribution < -0.4 is 10.6 Å². The fraction of sp³-hybridized carbons (Fsp3) is 0.391. The lowest BCUT2D eigenvalue weighted by atomic mass is 9.92. The lowest BCUT2D eigenvalue weighted by Crippen LogP contribution is -2.42. The average molecular weight is 397 g/mol. The number of aliphatic imine (C=N–C) groups is 1. The number of nitrogens with zero attached hydrogens (tertiary/aromatic N) is 2. The summed E-state index contributed by atoms with van der Waals surface area (Å²) in [5.41, 5.74) is 2.56. The molecule has 0 spiro atoms. The van der Waals surface area contributed by atoms with Gasteiger partial charge in [0, 0.05) is 40.2 Å². The van der Waals surface area contributed by atoms with E-state index in [1.165, 1.54) is 11.1 Å². The molecular weight excluding hydrogens is 364 g/mol. The monoisotopic (exact) mass is 396 g/mol. The average Bonchev–Trinajstić information content (AvgIpc) is 2.75. The van der Waals surface area contributed by atoms with Crippen LogP contribution in [0.4, 0.5) is 0 Å². The van der Waals surface area contributed by atoms with Crippen LogP contribution in [-0.4, -0.2) is 64.2 Å². The zero-order valence-corrected chi connectivity index (χ0v) is 17.6. The Kier molecular flexibility index (Phi) is 9.72. The summed E-state index contributed by atoms with van der Waals surface area (Å²) >= 11 is 0. The number of guanidine groups is 1. The fourth-order valence-electron chi connectivity index (χ4n) is 2.89. The molecule has 0 saturated heterocycles. The number of carbonyl (C=O) groups excluding carboxylic acids is 1. The quantitative estimate of drug-likeness (QED) is 0.367. The third-order valence-electron chi connectivity index (χ3n) is 4.58. The molecule has 1 amide bonds. The zero-order chi connectivity index (χ0) is 20.9. The van der Waals surface area contributed by atoms with Crippen molar-refractivity contribution in [3.05, 3.63) is 71.8 Å². The minimum Gasteiger partial charge on any atom is -0.383 e. The number of likely N-dealkylation sites (N-methyl/N-ethyl adjacent to an activating group) is 1. The van der Waals surface area contributed by atoms with Gasteiger partial charge in [-0.2, -0.15) is 0 Å². The number of benzene rings is 2. The molecule has 2 rings (SSSR count). The maximum Gasteiger partial charge on any atom is 0.243 e. The van der Waals surface area contributed by atoms with Crippen molar-refractivity contribution in [1.29, 1.82) is 0 Å². The topological polar surface area (TPSA) is 66.0 Å². The van der Waals surface area contributed by atoms with Crippen molar-refractivity contribution in [2.75, 3.05) is 47.4 Å². The molecule has 2 aromatic carbocycles. The Morgan fingerprint density at radius 3 is 2.31 bits per heavy atom. The van der Waals surface area contributed by atoms with Crippen molar-refractivity contribution in [1.82, 2.24) is 15.5 Å². The molecule has 0 aromatic heterocycles. The van der Waals surface area contributed by atoms with Crippen molar-refractivity contribution in [2.24, 2.45) is 4.99 Å². The van der Waals surface area contributed by atoms with Gasteiger partial charge in [-0.05, 0) is 17.5 Å². The smallest absolute Gasteiger partial charge is 0.243 e. The number of nitrogens with one attached hydrogen (secondary N) is 2. The van der Waals surface area contributed by atoms with E-state index in [1.807, 2.05) is 12.1 Å². The minimum absolute atomic E-state index is 0.0401. The van der Waals surface area contributed by atoms with Gasteiger partial charge in [0.25, 0.3) is 0 Å². The van der Waals surface area contributed by atoms with Crippen LogP contribution in [0.2, 0.25) is 0 Å². The van der Waals surface area contributed by atoms with Gasteiger partial charge < -0.3 is 20.3 Å². The van der Waals surface area contributed by atoms with Gasteiger partial charge >= 0.3 is 0 Å². The predicted octanol–water partition coefficient (Wildman–Crippen LogP) is 2.28. The fourth-order valence-corrected chi connectivity index (χ4v) is 2.89. The van der Waals surface area contributed by atoms with Crippen LogP contribution in [0.15, 0.2) is 65.7 Å². The number of methoxy groups -OCH3 is 1. The van der Waals surface area contributed by atoms with Crippen molar-refractivity contribution in [3.8, 4) is 0 Å². The van der Waals surface area contributed by atoms with E-state index in [2.05, 4.69) is 64.2 Å². The first kappa shape index (κ1) is 22.4. The first-order valence-electron chi connectivity index (χ1n) is 9.90. The van der Waals surface area contributed by atoms with Gasteiger partial charge in [0.1, 0.15) is 6.54 Å². The van der Waals surface area contributed by atoms with Gasteiger partial charge in [0.15, 0.2) is 5.96 Å². The van der Waals surface area contributed by atoms with E-state index >= 15 is 0 Å². The zero-order valence-electron chi connectivity index (χ0n) is 17.6. The second kappa shape index (κ2) is 12.6. The SMILES string of the molecule is COCCNC(=NCC(=O)N(C)C)NCC(Cc1ccccc1)c1ccccc1. The highest BCUT2D eigenvalue weighted by Gasteiger charge is 2.14. The molecule has 0 aliphatic carbocycles. The Morgan fingerprint density at radius 2 is 1.69 bits per heavy atom. The number of hydrogen-bond donors (Lipinski definition) is 2. The molecule has 29 heavy (non-hydrogen) atoms. The molecule has 2 N–H and O–H groups in total. The minimum atomic E-state index is -0.0401. The van der Waals surface area contributed by atoms with Gasteiger partial charge in [-0.1, -0.05) is 60.7 Å². The van der Waals surface area contributed by atoms with Gasteiger partial charge in [0.2, 0.25) is 5.91 Å². The van der Waals surface area contributed by atoms with Gasteiger partial charge in [-0.3, -0.25) is 4.79 Å². The number of hydrogen-bond acceptors (Lipinski definition) is 3. The summed E-state index contributed by atoms with van der Waals surface area (Å²) in [6.07, 6.45) is 0.917. The third kappa shape index (κ3) is 8.35. The molecule has 0 fully saturated rings. The van der Waals surface area contributed by atoms with Gasteiger partial charge in [0.05, 0.1) is 6.61 Å². The first-order chi connectivity index (χ1) is 14.1. The summed E-state index contributed by atoms with van der Waals surface area (Å²) in [5.74, 6) is 0.852. The van der Waals surface area contributed by atoms with Crippen LogP contribution in [0.3, 0.4) is 0 Å². The van der Waals surface area contributed by atoms with E-state index in [-0.39, 0.29) is 18.4 Å². The van der Waals surface area contributed by atoms with Crippen molar-refractivity contribution in [2.45, 2.75) is 12.3 Å². The number of carbonyl (C=O) groups is 1. The molecule has 0 aliphatic rings. The Bertz CT molecular complexity index is 748. The van der Waals surface area contributed by atoms with E-state index in [9.17, 15) is 4.79 Å². The van der Waals surface area contributed by atoms with Gasteiger partial charge in [-0.25, -0.2) is 4.99 Å². The normalized spacial score (nSPS) is 12.3. The van der Waals surface area contributed by atoms with Crippen molar-refractivity contribution < 1.29 is 9.53 Å². The molecule has 0 aliphatic heterocycles. The van der Waals surface area contributed by atoms with E-state index in [4.69, 9.17) is 4.74 Å². The molecule has 2 aromatic rings. The van der Waals surface area contributed by atoms with Gasteiger partial charge in [-0.15, -0.1) is 0 Å². The van der Waals surface area contributed by atoms with Crippen LogP contribution >= 0.6 is 0 Å². The van der Waals surface area contributed by atoms with Crippen LogP contribution in [0.1, 0.15) is 17.0 Å². The molecule has 1 atom stereocenters. The number of rotatable bonds is 10. The Labute approximate surface area is 174 Å². The summed E-state index contributed by atoms with van der Waals surface area (Å²) in [6, 6.07) is 20.9. The van der Waals surface area contributed by atoms with E-state index in [0.717, 1.165) is 6.42 Å². The molecule has 0 heterocycles. The largest absolute Gasteiger partial charge is 0.383 e. The molecule has 6 heteroatoms. The summed E-state index contributed by atoms with van der Waals surface area (Å²) < 4.78 is 5.11. The summed E-state index contributed by atoms with van der Waals surface area (Å²) in [5, 5.41) is 6.63. The second-order valence-electron chi connectivity index (χ2n) is 7.05. The molecule has 0 radical (unpaired) electrons. The lowest BCUT2D eigenvalue weighted by molar-refractivity contribution is -0.127. The molecule has 156 valence electrons. The third-order valence-corrected chi connectivity index (χ3v) is 4.58.